The highest BCUT2D eigenvalue weighted by Crippen LogP contribution is 2.16. The quantitative estimate of drug-likeness (QED) is 0.821. The number of H-pyrrole nitrogens is 1. The molecule has 6 heteroatoms. The molecule has 1 N–H and O–H groups in total. The Morgan fingerprint density at radius 3 is 2.77 bits per heavy atom. The van der Waals surface area contributed by atoms with Gasteiger partial charge in [-0.25, -0.2) is 4.79 Å². The van der Waals surface area contributed by atoms with Crippen LogP contribution in [0.15, 0.2) is 39.9 Å². The number of benzene rings is 1. The molecule has 3 rings (SSSR count). The lowest BCUT2D eigenvalue weighted by molar-refractivity contribution is 0.0690. The minimum Gasteiger partial charge on any atom is -0.377 e. The van der Waals surface area contributed by atoms with Gasteiger partial charge in [0.25, 0.3) is 5.56 Å². The molecule has 1 saturated heterocycles. The first-order chi connectivity index (χ1) is 12.5. The molecule has 1 aliphatic heterocycles. The Labute approximate surface area is 153 Å². The van der Waals surface area contributed by atoms with Gasteiger partial charge in [0, 0.05) is 44.5 Å². The standard InChI is InChI=1S/C20H27N3O3/c1-15-6-3-4-7-17(15)13-22(14-18-8-5-11-26-18)9-10-23-19(24)12-16(2)21-20(23)25/h3-4,6-7,12,18H,5,8-11,13-14H2,1-2H3,(H,21,25). The molecule has 1 unspecified atom stereocenters. The van der Waals surface area contributed by atoms with E-state index in [-0.39, 0.29) is 17.4 Å². The van der Waals surface area contributed by atoms with E-state index in [0.717, 1.165) is 32.5 Å². The summed E-state index contributed by atoms with van der Waals surface area (Å²) in [5.41, 5.74) is 2.50. The monoisotopic (exact) mass is 357 g/mol. The smallest absolute Gasteiger partial charge is 0.328 e. The van der Waals surface area contributed by atoms with Crippen LogP contribution in [0.5, 0.6) is 0 Å². The molecule has 140 valence electrons. The summed E-state index contributed by atoms with van der Waals surface area (Å²) in [5.74, 6) is 0. The second kappa shape index (κ2) is 8.47. The summed E-state index contributed by atoms with van der Waals surface area (Å²) in [6.07, 6.45) is 2.39. The van der Waals surface area contributed by atoms with Crippen molar-refractivity contribution in [3.05, 3.63) is 68.0 Å². The third-order valence-electron chi connectivity index (χ3n) is 4.94. The van der Waals surface area contributed by atoms with Crippen molar-refractivity contribution >= 4 is 0 Å². The van der Waals surface area contributed by atoms with E-state index in [1.807, 2.05) is 12.1 Å². The second-order valence-corrected chi connectivity index (χ2v) is 7.04. The molecule has 26 heavy (non-hydrogen) atoms. The molecule has 2 heterocycles. The maximum absolute atomic E-state index is 12.1. The van der Waals surface area contributed by atoms with E-state index in [1.54, 1.807) is 6.92 Å². The van der Waals surface area contributed by atoms with Gasteiger partial charge in [-0.3, -0.25) is 14.3 Å². The van der Waals surface area contributed by atoms with E-state index >= 15 is 0 Å². The van der Waals surface area contributed by atoms with E-state index in [2.05, 4.69) is 28.9 Å². The molecule has 1 aliphatic rings. The predicted molar refractivity (Wildman–Crippen MR) is 101 cm³/mol. The van der Waals surface area contributed by atoms with Gasteiger partial charge in [0.1, 0.15) is 0 Å². The molecule has 1 atom stereocenters. The molecule has 1 aromatic heterocycles. The Morgan fingerprint density at radius 2 is 2.08 bits per heavy atom. The molecule has 0 spiro atoms. The first-order valence-electron chi connectivity index (χ1n) is 9.22. The van der Waals surface area contributed by atoms with Crippen LogP contribution in [-0.2, 0) is 17.8 Å². The normalized spacial score (nSPS) is 17.1. The van der Waals surface area contributed by atoms with E-state index in [0.29, 0.717) is 18.8 Å². The number of hydrogen-bond donors (Lipinski definition) is 1. The van der Waals surface area contributed by atoms with Crippen molar-refractivity contribution in [2.45, 2.75) is 45.9 Å². The summed E-state index contributed by atoms with van der Waals surface area (Å²) in [6, 6.07) is 9.78. The number of aromatic nitrogens is 2. The van der Waals surface area contributed by atoms with E-state index in [4.69, 9.17) is 4.74 Å². The van der Waals surface area contributed by atoms with Crippen molar-refractivity contribution in [1.82, 2.24) is 14.5 Å². The number of rotatable bonds is 7. The summed E-state index contributed by atoms with van der Waals surface area (Å²) in [5, 5.41) is 0. The molecule has 1 fully saturated rings. The number of ether oxygens (including phenoxy) is 1. The topological polar surface area (TPSA) is 67.3 Å². The van der Waals surface area contributed by atoms with Crippen LogP contribution in [0.4, 0.5) is 0 Å². The Bertz CT molecular complexity index is 819. The summed E-state index contributed by atoms with van der Waals surface area (Å²) < 4.78 is 7.06. The van der Waals surface area contributed by atoms with Gasteiger partial charge in [-0.05, 0) is 37.8 Å². The van der Waals surface area contributed by atoms with Crippen LogP contribution in [-0.4, -0.2) is 40.3 Å². The Morgan fingerprint density at radius 1 is 1.27 bits per heavy atom. The van der Waals surface area contributed by atoms with E-state index in [1.165, 1.54) is 21.8 Å². The van der Waals surface area contributed by atoms with Gasteiger partial charge >= 0.3 is 5.69 Å². The summed E-state index contributed by atoms with van der Waals surface area (Å²) >= 11 is 0. The fourth-order valence-electron chi connectivity index (χ4n) is 3.43. The Hall–Kier alpha value is -2.18. The Kier molecular flexibility index (Phi) is 6.06. The van der Waals surface area contributed by atoms with Gasteiger partial charge in [0.05, 0.1) is 6.10 Å². The van der Waals surface area contributed by atoms with Crippen LogP contribution in [0.25, 0.3) is 0 Å². The van der Waals surface area contributed by atoms with Crippen molar-refractivity contribution < 1.29 is 4.74 Å². The summed E-state index contributed by atoms with van der Waals surface area (Å²) in [7, 11) is 0. The lowest BCUT2D eigenvalue weighted by Gasteiger charge is -2.26. The maximum Gasteiger partial charge on any atom is 0.328 e. The lowest BCUT2D eigenvalue weighted by atomic mass is 10.1. The second-order valence-electron chi connectivity index (χ2n) is 7.04. The maximum atomic E-state index is 12.1. The largest absolute Gasteiger partial charge is 0.377 e. The van der Waals surface area contributed by atoms with Crippen LogP contribution in [0.3, 0.4) is 0 Å². The first kappa shape index (κ1) is 18.6. The number of aromatic amines is 1. The molecule has 6 nitrogen and oxygen atoms in total. The number of nitrogens with one attached hydrogen (secondary N) is 1. The third-order valence-corrected chi connectivity index (χ3v) is 4.94. The molecule has 0 bridgehead atoms. The van der Waals surface area contributed by atoms with Gasteiger partial charge in [-0.15, -0.1) is 0 Å². The van der Waals surface area contributed by atoms with Gasteiger partial charge in [-0.1, -0.05) is 24.3 Å². The highest BCUT2D eigenvalue weighted by atomic mass is 16.5. The zero-order valence-electron chi connectivity index (χ0n) is 15.5. The number of hydrogen-bond acceptors (Lipinski definition) is 4. The first-order valence-corrected chi connectivity index (χ1v) is 9.22. The van der Waals surface area contributed by atoms with Crippen molar-refractivity contribution in [2.24, 2.45) is 0 Å². The highest BCUT2D eigenvalue weighted by molar-refractivity contribution is 5.25. The van der Waals surface area contributed by atoms with Crippen molar-refractivity contribution in [3.8, 4) is 0 Å². The average Bonchev–Trinajstić information content (AvgIpc) is 3.08. The van der Waals surface area contributed by atoms with Crippen molar-refractivity contribution in [3.63, 3.8) is 0 Å². The van der Waals surface area contributed by atoms with E-state index in [9.17, 15) is 9.59 Å². The molecule has 2 aromatic rings. The molecule has 0 radical (unpaired) electrons. The van der Waals surface area contributed by atoms with Gasteiger partial charge in [0.2, 0.25) is 0 Å². The molecule has 1 aromatic carbocycles. The summed E-state index contributed by atoms with van der Waals surface area (Å²) in [6.45, 7) is 7.23. The van der Waals surface area contributed by atoms with Crippen LogP contribution in [0.1, 0.15) is 29.7 Å². The summed E-state index contributed by atoms with van der Waals surface area (Å²) in [4.78, 5) is 29.2. The van der Waals surface area contributed by atoms with Crippen LogP contribution in [0, 0.1) is 13.8 Å². The minimum absolute atomic E-state index is 0.229. The molecular weight excluding hydrogens is 330 g/mol. The molecular formula is C20H27N3O3. The van der Waals surface area contributed by atoms with Gasteiger partial charge in [-0.2, -0.15) is 0 Å². The minimum atomic E-state index is -0.344. The average molecular weight is 357 g/mol. The lowest BCUT2D eigenvalue weighted by Crippen LogP contribution is -2.40. The van der Waals surface area contributed by atoms with Crippen LogP contribution < -0.4 is 11.2 Å². The van der Waals surface area contributed by atoms with Crippen LogP contribution >= 0.6 is 0 Å². The zero-order chi connectivity index (χ0) is 18.5. The Balaban J connectivity index is 1.74. The van der Waals surface area contributed by atoms with Gasteiger partial charge < -0.3 is 9.72 Å². The SMILES string of the molecule is Cc1cc(=O)n(CCN(Cc2ccccc2C)CC2CCCO2)c(=O)[nH]1. The third kappa shape index (κ3) is 4.71. The van der Waals surface area contributed by atoms with E-state index < -0.39 is 0 Å². The highest BCUT2D eigenvalue weighted by Gasteiger charge is 2.20. The van der Waals surface area contributed by atoms with Crippen molar-refractivity contribution in [1.29, 1.82) is 0 Å². The fraction of sp³-hybridized carbons (Fsp3) is 0.500. The molecule has 0 aliphatic carbocycles. The van der Waals surface area contributed by atoms with Crippen LogP contribution in [0.2, 0.25) is 0 Å². The molecule has 0 saturated carbocycles. The number of aryl methyl sites for hydroxylation is 2. The van der Waals surface area contributed by atoms with Crippen molar-refractivity contribution in [2.75, 3.05) is 19.7 Å². The fourth-order valence-corrected chi connectivity index (χ4v) is 3.43. The molecule has 0 amide bonds. The predicted octanol–water partition coefficient (Wildman–Crippen LogP) is 1.83. The van der Waals surface area contributed by atoms with Gasteiger partial charge in [0.15, 0.2) is 0 Å². The number of nitrogens with zero attached hydrogens (tertiary/aromatic N) is 2. The zero-order valence-corrected chi connectivity index (χ0v) is 15.5.